The molecular weight excluding hydrogens is 364 g/mol. The van der Waals surface area contributed by atoms with Crippen molar-refractivity contribution in [1.29, 1.82) is 0 Å². The van der Waals surface area contributed by atoms with Gasteiger partial charge < -0.3 is 20.1 Å². The summed E-state index contributed by atoms with van der Waals surface area (Å²) >= 11 is 0. The number of aliphatic hydroxyl groups is 3. The Balaban J connectivity index is 1.69. The molecule has 1 aliphatic heterocycles. The van der Waals surface area contributed by atoms with Crippen LogP contribution in [0.3, 0.4) is 0 Å². The van der Waals surface area contributed by atoms with Crippen LogP contribution in [-0.4, -0.2) is 40.2 Å². The molecule has 0 bridgehead atoms. The van der Waals surface area contributed by atoms with Gasteiger partial charge in [0.2, 0.25) is 0 Å². The van der Waals surface area contributed by atoms with Gasteiger partial charge >= 0.3 is 0 Å². The van der Waals surface area contributed by atoms with Crippen molar-refractivity contribution in [2.75, 3.05) is 6.61 Å². The number of hydrogen-bond donors (Lipinski definition) is 3. The molecule has 0 radical (unpaired) electrons. The van der Waals surface area contributed by atoms with Crippen molar-refractivity contribution in [3.8, 4) is 0 Å². The first-order valence-corrected chi connectivity index (χ1v) is 10.9. The van der Waals surface area contributed by atoms with E-state index in [1.54, 1.807) is 0 Å². The summed E-state index contributed by atoms with van der Waals surface area (Å²) in [5.41, 5.74) is 9.23. The fourth-order valence-corrected chi connectivity index (χ4v) is 4.98. The van der Waals surface area contributed by atoms with Gasteiger partial charge in [-0.25, -0.2) is 0 Å². The monoisotopic (exact) mass is 396 g/mol. The van der Waals surface area contributed by atoms with Gasteiger partial charge in [0.1, 0.15) is 12.2 Å². The molecule has 4 rings (SSSR count). The smallest absolute Gasteiger partial charge is 0.110 e. The molecule has 1 aliphatic carbocycles. The topological polar surface area (TPSA) is 69.9 Å². The summed E-state index contributed by atoms with van der Waals surface area (Å²) in [6.45, 7) is 4.02. The van der Waals surface area contributed by atoms with Gasteiger partial charge in [0, 0.05) is 6.42 Å². The summed E-state index contributed by atoms with van der Waals surface area (Å²) in [5.74, 6) is 0. The van der Waals surface area contributed by atoms with Crippen molar-refractivity contribution in [3.63, 3.8) is 0 Å². The fourth-order valence-electron chi connectivity index (χ4n) is 4.98. The lowest BCUT2D eigenvalue weighted by molar-refractivity contribution is -0.181. The normalized spacial score (nSPS) is 26.5. The summed E-state index contributed by atoms with van der Waals surface area (Å²) in [6.07, 6.45) is 2.67. The maximum Gasteiger partial charge on any atom is 0.110 e. The van der Waals surface area contributed by atoms with E-state index < -0.39 is 18.3 Å². The summed E-state index contributed by atoms with van der Waals surface area (Å²) < 4.78 is 6.02. The van der Waals surface area contributed by atoms with Crippen LogP contribution < -0.4 is 0 Å². The minimum absolute atomic E-state index is 0.296. The number of aliphatic hydroxyl groups excluding tert-OH is 3. The van der Waals surface area contributed by atoms with Crippen molar-refractivity contribution in [2.45, 2.75) is 76.8 Å². The highest BCUT2D eigenvalue weighted by molar-refractivity contribution is 5.50. The van der Waals surface area contributed by atoms with Crippen LogP contribution >= 0.6 is 0 Å². The Morgan fingerprint density at radius 3 is 2.41 bits per heavy atom. The summed E-state index contributed by atoms with van der Waals surface area (Å²) in [4.78, 5) is 0. The Bertz CT molecular complexity index is 858. The predicted molar refractivity (Wildman–Crippen MR) is 113 cm³/mol. The zero-order valence-electron chi connectivity index (χ0n) is 17.4. The molecular formula is C25H32O4. The molecule has 0 unspecified atom stereocenters. The fraction of sp³-hybridized carbons (Fsp3) is 0.520. The van der Waals surface area contributed by atoms with Crippen molar-refractivity contribution in [3.05, 3.63) is 69.3 Å². The van der Waals surface area contributed by atoms with Gasteiger partial charge in [-0.05, 0) is 78.0 Å². The zero-order chi connectivity index (χ0) is 20.5. The molecule has 1 heterocycles. The molecule has 4 heteroatoms. The highest BCUT2D eigenvalue weighted by atomic mass is 16.5. The Labute approximate surface area is 173 Å². The van der Waals surface area contributed by atoms with Gasteiger partial charge in [-0.3, -0.25) is 0 Å². The summed E-state index contributed by atoms with van der Waals surface area (Å²) in [7, 11) is 0. The average Bonchev–Trinajstić information content (AvgIpc) is 3.23. The Morgan fingerprint density at radius 1 is 1.03 bits per heavy atom. The quantitative estimate of drug-likeness (QED) is 0.726. The van der Waals surface area contributed by atoms with Gasteiger partial charge in [0.15, 0.2) is 0 Å². The van der Waals surface area contributed by atoms with Crippen LogP contribution in [0.4, 0.5) is 0 Å². The van der Waals surface area contributed by atoms with Crippen LogP contribution in [0.25, 0.3) is 0 Å². The van der Waals surface area contributed by atoms with Gasteiger partial charge in [-0.2, -0.15) is 0 Å². The second-order valence-corrected chi connectivity index (χ2v) is 8.55. The maximum atomic E-state index is 10.3. The SMILES string of the molecule is CCc1ccc(Cc2cc([C@H]3C[C@@H](O)[C@@H](O)[C@@H](CO)O3)c(C)c3c2CCC3)cc1. The third-order valence-corrected chi connectivity index (χ3v) is 6.74. The molecule has 0 saturated carbocycles. The van der Waals surface area contributed by atoms with E-state index >= 15 is 0 Å². The molecule has 2 aliphatic rings. The molecule has 29 heavy (non-hydrogen) atoms. The van der Waals surface area contributed by atoms with E-state index in [-0.39, 0.29) is 12.7 Å². The number of rotatable bonds is 5. The summed E-state index contributed by atoms with van der Waals surface area (Å²) in [5, 5.41) is 30.0. The van der Waals surface area contributed by atoms with Gasteiger partial charge in [0.05, 0.1) is 18.8 Å². The molecule has 0 spiro atoms. The van der Waals surface area contributed by atoms with Crippen molar-refractivity contribution in [2.24, 2.45) is 0 Å². The van der Waals surface area contributed by atoms with E-state index in [9.17, 15) is 15.3 Å². The largest absolute Gasteiger partial charge is 0.394 e. The van der Waals surface area contributed by atoms with Gasteiger partial charge in [-0.1, -0.05) is 37.3 Å². The van der Waals surface area contributed by atoms with E-state index in [0.29, 0.717) is 6.42 Å². The van der Waals surface area contributed by atoms with Gasteiger partial charge in [-0.15, -0.1) is 0 Å². The molecule has 4 atom stereocenters. The minimum Gasteiger partial charge on any atom is -0.394 e. The molecule has 1 fully saturated rings. The standard InChI is InChI=1S/C25H32O4/c1-3-16-7-9-17(10-8-16)11-18-12-21(15(2)19-5-4-6-20(18)19)23-13-22(27)25(28)24(14-26)29-23/h7-10,12,22-28H,3-6,11,13-14H2,1-2H3/t22-,23-,24-,25-/m1/s1. The first kappa shape index (κ1) is 20.5. The van der Waals surface area contributed by atoms with Gasteiger partial charge in [0.25, 0.3) is 0 Å². The van der Waals surface area contributed by atoms with Crippen LogP contribution in [-0.2, 0) is 30.4 Å². The third kappa shape index (κ3) is 3.99. The number of hydrogen-bond acceptors (Lipinski definition) is 4. The maximum absolute atomic E-state index is 10.3. The lowest BCUT2D eigenvalue weighted by Crippen LogP contribution is -2.47. The lowest BCUT2D eigenvalue weighted by Gasteiger charge is -2.37. The van der Waals surface area contributed by atoms with Crippen LogP contribution in [0, 0.1) is 6.92 Å². The van der Waals surface area contributed by atoms with E-state index in [0.717, 1.165) is 31.2 Å². The Morgan fingerprint density at radius 2 is 1.72 bits per heavy atom. The van der Waals surface area contributed by atoms with E-state index in [1.807, 2.05) is 0 Å². The van der Waals surface area contributed by atoms with Crippen LogP contribution in [0.1, 0.15) is 64.8 Å². The van der Waals surface area contributed by atoms with E-state index in [2.05, 4.69) is 44.2 Å². The first-order valence-electron chi connectivity index (χ1n) is 10.9. The zero-order valence-corrected chi connectivity index (χ0v) is 17.4. The third-order valence-electron chi connectivity index (χ3n) is 6.74. The second kappa shape index (κ2) is 8.57. The number of benzene rings is 2. The van der Waals surface area contributed by atoms with Crippen molar-refractivity contribution in [1.82, 2.24) is 0 Å². The van der Waals surface area contributed by atoms with Crippen LogP contribution in [0.5, 0.6) is 0 Å². The molecule has 2 aromatic rings. The highest BCUT2D eigenvalue weighted by Gasteiger charge is 2.38. The highest BCUT2D eigenvalue weighted by Crippen LogP contribution is 2.39. The second-order valence-electron chi connectivity index (χ2n) is 8.55. The van der Waals surface area contributed by atoms with E-state index in [4.69, 9.17) is 4.74 Å². The Kier molecular flexibility index (Phi) is 6.07. The number of ether oxygens (including phenoxy) is 1. The minimum atomic E-state index is -1.04. The lowest BCUT2D eigenvalue weighted by atomic mass is 9.85. The average molecular weight is 397 g/mol. The van der Waals surface area contributed by atoms with Crippen LogP contribution in [0.15, 0.2) is 30.3 Å². The molecule has 2 aromatic carbocycles. The molecule has 0 aromatic heterocycles. The summed E-state index contributed by atoms with van der Waals surface area (Å²) in [6, 6.07) is 11.1. The molecule has 4 nitrogen and oxygen atoms in total. The van der Waals surface area contributed by atoms with Crippen molar-refractivity contribution < 1.29 is 20.1 Å². The van der Waals surface area contributed by atoms with E-state index in [1.165, 1.54) is 39.8 Å². The first-order chi connectivity index (χ1) is 14.0. The molecule has 1 saturated heterocycles. The molecule has 3 N–H and O–H groups in total. The van der Waals surface area contributed by atoms with Crippen molar-refractivity contribution >= 4 is 0 Å². The number of fused-ring (bicyclic) bond motifs is 1. The van der Waals surface area contributed by atoms with Crippen LogP contribution in [0.2, 0.25) is 0 Å². The number of aryl methyl sites for hydroxylation is 1. The predicted octanol–water partition coefficient (Wildman–Crippen LogP) is 3.18. The molecule has 156 valence electrons. The molecule has 0 amide bonds. The Hall–Kier alpha value is -1.72.